The lowest BCUT2D eigenvalue weighted by Crippen LogP contribution is -2.30. The first-order valence-corrected chi connectivity index (χ1v) is 11.2. The summed E-state index contributed by atoms with van der Waals surface area (Å²) in [5, 5.41) is 7.42. The summed E-state index contributed by atoms with van der Waals surface area (Å²) in [7, 11) is 0. The first kappa shape index (κ1) is 19.5. The number of aliphatic imine (C=N–C) groups is 1. The SMILES string of the molecule is Nc1n[nH]c2c1C(c1ccc(OC3=CCCC=C3)cc1)CN=C2[N+]1=CC(c2ccccc2)=C1. The van der Waals surface area contributed by atoms with Crippen LogP contribution in [0, 0.1) is 0 Å². The number of H-pyrrole nitrogens is 1. The van der Waals surface area contributed by atoms with E-state index in [0.717, 1.165) is 47.0 Å². The maximum Gasteiger partial charge on any atom is 0.347 e. The molecular weight excluding hydrogens is 410 g/mol. The Morgan fingerprint density at radius 1 is 1.03 bits per heavy atom. The van der Waals surface area contributed by atoms with Crippen molar-refractivity contribution in [3.8, 4) is 5.75 Å². The molecule has 6 heteroatoms. The van der Waals surface area contributed by atoms with Gasteiger partial charge in [0.25, 0.3) is 0 Å². The van der Waals surface area contributed by atoms with E-state index in [-0.39, 0.29) is 5.92 Å². The van der Waals surface area contributed by atoms with Gasteiger partial charge < -0.3 is 10.5 Å². The zero-order valence-electron chi connectivity index (χ0n) is 18.1. The Balaban J connectivity index is 1.24. The molecule has 0 radical (unpaired) electrons. The van der Waals surface area contributed by atoms with Gasteiger partial charge in [-0.3, -0.25) is 5.10 Å². The Morgan fingerprint density at radius 2 is 1.85 bits per heavy atom. The standard InChI is InChI=1S/C27H24N5O/c28-26-24-23(19-11-13-22(14-12-19)33-21-9-5-2-6-10-21)15-29-27(25(24)30-31-26)32-16-20(17-32)18-7-3-1-4-8-18/h1,3-5,7-14,16-17,23H,2,6,15H2,(H3,28,30,31)/q+1. The number of aromatic amines is 1. The lowest BCUT2D eigenvalue weighted by molar-refractivity contribution is -0.326. The van der Waals surface area contributed by atoms with E-state index in [1.807, 2.05) is 41.0 Å². The molecule has 33 heavy (non-hydrogen) atoms. The number of hydrogen-bond donors (Lipinski definition) is 2. The quantitative estimate of drug-likeness (QED) is 0.588. The van der Waals surface area contributed by atoms with Crippen LogP contribution in [-0.4, -0.2) is 33.4 Å². The number of allylic oxidation sites excluding steroid dienone is 4. The largest absolute Gasteiger partial charge is 0.458 e. The predicted molar refractivity (Wildman–Crippen MR) is 131 cm³/mol. The van der Waals surface area contributed by atoms with Gasteiger partial charge in [-0.1, -0.05) is 53.5 Å². The van der Waals surface area contributed by atoms with Crippen LogP contribution in [0.4, 0.5) is 5.82 Å². The van der Waals surface area contributed by atoms with Crippen molar-refractivity contribution in [2.24, 2.45) is 4.99 Å². The second-order valence-electron chi connectivity index (χ2n) is 8.36. The Hall–Kier alpha value is -4.19. The van der Waals surface area contributed by atoms with Crippen LogP contribution in [0.1, 0.15) is 41.1 Å². The zero-order chi connectivity index (χ0) is 22.2. The fraction of sp³-hybridized carbons (Fsp3) is 0.148. The molecule has 6 rings (SSSR count). The van der Waals surface area contributed by atoms with Crippen LogP contribution >= 0.6 is 0 Å². The summed E-state index contributed by atoms with van der Waals surface area (Å²) >= 11 is 0. The minimum Gasteiger partial charge on any atom is -0.458 e. The van der Waals surface area contributed by atoms with Crippen molar-refractivity contribution in [1.29, 1.82) is 0 Å². The minimum absolute atomic E-state index is 0.0455. The number of aromatic nitrogens is 2. The highest BCUT2D eigenvalue weighted by Crippen LogP contribution is 2.36. The molecule has 3 heterocycles. The average molecular weight is 435 g/mol. The van der Waals surface area contributed by atoms with E-state index >= 15 is 0 Å². The Kier molecular flexibility index (Phi) is 4.76. The predicted octanol–water partition coefficient (Wildman–Crippen LogP) is 4.63. The first-order chi connectivity index (χ1) is 16.3. The van der Waals surface area contributed by atoms with Crippen LogP contribution < -0.4 is 10.5 Å². The van der Waals surface area contributed by atoms with Crippen molar-refractivity contribution in [2.45, 2.75) is 18.8 Å². The molecule has 0 spiro atoms. The highest BCUT2D eigenvalue weighted by Gasteiger charge is 2.37. The van der Waals surface area contributed by atoms with Gasteiger partial charge in [-0.15, -0.1) is 0 Å². The summed E-state index contributed by atoms with van der Waals surface area (Å²) < 4.78 is 8.02. The van der Waals surface area contributed by atoms with Crippen molar-refractivity contribution in [1.82, 2.24) is 10.2 Å². The van der Waals surface area contributed by atoms with Crippen LogP contribution in [0.2, 0.25) is 0 Å². The van der Waals surface area contributed by atoms with E-state index < -0.39 is 0 Å². The number of rotatable bonds is 4. The average Bonchev–Trinajstić information content (AvgIpc) is 3.22. The molecule has 1 aromatic heterocycles. The number of anilines is 1. The molecule has 1 aliphatic carbocycles. The topological polar surface area (TPSA) is 79.3 Å². The van der Waals surface area contributed by atoms with Gasteiger partial charge in [0, 0.05) is 5.56 Å². The zero-order valence-corrected chi connectivity index (χ0v) is 18.1. The van der Waals surface area contributed by atoms with E-state index in [0.29, 0.717) is 12.4 Å². The van der Waals surface area contributed by atoms with Gasteiger partial charge in [-0.2, -0.15) is 5.10 Å². The molecular formula is C27H24N5O+. The molecule has 0 saturated heterocycles. The van der Waals surface area contributed by atoms with Gasteiger partial charge in [0.1, 0.15) is 36.3 Å². The molecule has 0 saturated carbocycles. The fourth-order valence-corrected chi connectivity index (χ4v) is 4.48. The number of amidine groups is 1. The van der Waals surface area contributed by atoms with Crippen LogP contribution in [0.15, 0.2) is 89.8 Å². The number of ether oxygens (including phenoxy) is 1. The molecule has 1 unspecified atom stereocenters. The third kappa shape index (κ3) is 3.59. The van der Waals surface area contributed by atoms with Crippen LogP contribution in [0.3, 0.4) is 0 Å². The smallest absolute Gasteiger partial charge is 0.347 e. The number of fused-ring (bicyclic) bond motifs is 1. The summed E-state index contributed by atoms with van der Waals surface area (Å²) in [5.41, 5.74) is 11.7. The van der Waals surface area contributed by atoms with Crippen molar-refractivity contribution >= 4 is 23.4 Å². The third-order valence-corrected chi connectivity index (χ3v) is 6.22. The summed E-state index contributed by atoms with van der Waals surface area (Å²) in [4.78, 5) is 4.90. The minimum atomic E-state index is 0.0455. The third-order valence-electron chi connectivity index (χ3n) is 6.22. The van der Waals surface area contributed by atoms with Crippen LogP contribution in [0.5, 0.6) is 5.75 Å². The summed E-state index contributed by atoms with van der Waals surface area (Å²) in [5.74, 6) is 3.14. The van der Waals surface area contributed by atoms with Crippen molar-refractivity contribution in [3.05, 3.63) is 107 Å². The molecule has 2 aliphatic heterocycles. The molecule has 1 atom stereocenters. The molecule has 3 aromatic rings. The van der Waals surface area contributed by atoms with Crippen molar-refractivity contribution in [3.63, 3.8) is 0 Å². The number of nitrogens with one attached hydrogen (secondary N) is 1. The van der Waals surface area contributed by atoms with Gasteiger partial charge >= 0.3 is 5.84 Å². The molecule has 2 aromatic carbocycles. The molecule has 0 fully saturated rings. The van der Waals surface area contributed by atoms with Gasteiger partial charge in [0.15, 0.2) is 5.69 Å². The van der Waals surface area contributed by atoms with Gasteiger partial charge in [0.2, 0.25) is 0 Å². The van der Waals surface area contributed by atoms with Gasteiger partial charge in [-0.25, -0.2) is 4.58 Å². The van der Waals surface area contributed by atoms with E-state index in [1.165, 1.54) is 11.1 Å². The number of hydrogen-bond acceptors (Lipinski definition) is 4. The Morgan fingerprint density at radius 3 is 2.61 bits per heavy atom. The molecule has 3 N–H and O–H groups in total. The van der Waals surface area contributed by atoms with Crippen LogP contribution in [0.25, 0.3) is 5.57 Å². The number of nitrogen functional groups attached to an aromatic ring is 1. The summed E-state index contributed by atoms with van der Waals surface area (Å²) in [6, 6.07) is 18.5. The number of benzene rings is 2. The second kappa shape index (κ2) is 8.06. The monoisotopic (exact) mass is 434 g/mol. The van der Waals surface area contributed by atoms with E-state index in [2.05, 4.69) is 59.0 Å². The van der Waals surface area contributed by atoms with Crippen molar-refractivity contribution < 1.29 is 9.31 Å². The maximum absolute atomic E-state index is 6.30. The highest BCUT2D eigenvalue weighted by molar-refractivity contribution is 6.14. The van der Waals surface area contributed by atoms with Gasteiger partial charge in [-0.05, 0) is 48.3 Å². The molecule has 3 aliphatic rings. The van der Waals surface area contributed by atoms with E-state index in [1.54, 1.807) is 0 Å². The normalized spacial score (nSPS) is 19.0. The lowest BCUT2D eigenvalue weighted by atomic mass is 9.88. The highest BCUT2D eigenvalue weighted by atomic mass is 16.5. The fourth-order valence-electron chi connectivity index (χ4n) is 4.48. The Bertz CT molecular complexity index is 1360. The maximum atomic E-state index is 6.30. The molecule has 162 valence electrons. The number of nitrogens with zero attached hydrogens (tertiary/aromatic N) is 3. The van der Waals surface area contributed by atoms with Crippen LogP contribution in [-0.2, 0) is 0 Å². The molecule has 6 nitrogen and oxygen atoms in total. The Labute approximate surface area is 192 Å². The lowest BCUT2D eigenvalue weighted by Gasteiger charge is -2.20. The van der Waals surface area contributed by atoms with Crippen molar-refractivity contribution in [2.75, 3.05) is 12.3 Å². The van der Waals surface area contributed by atoms with Gasteiger partial charge in [0.05, 0.1) is 11.5 Å². The first-order valence-electron chi connectivity index (χ1n) is 11.2. The number of nitrogens with two attached hydrogens (primary N) is 1. The van der Waals surface area contributed by atoms with E-state index in [4.69, 9.17) is 15.5 Å². The summed E-state index contributed by atoms with van der Waals surface area (Å²) in [6.07, 6.45) is 12.6. The molecule has 0 amide bonds. The van der Waals surface area contributed by atoms with E-state index in [9.17, 15) is 0 Å². The molecule has 0 bridgehead atoms. The second-order valence-corrected chi connectivity index (χ2v) is 8.36. The summed E-state index contributed by atoms with van der Waals surface area (Å²) in [6.45, 7) is 0.610.